The van der Waals surface area contributed by atoms with Gasteiger partial charge in [0.2, 0.25) is 11.8 Å². The Morgan fingerprint density at radius 3 is 2.72 bits per heavy atom. The number of fused-ring (bicyclic) bond motifs is 2. The van der Waals surface area contributed by atoms with Gasteiger partial charge >= 0.3 is 0 Å². The maximum Gasteiger partial charge on any atom is 0.231 e. The fourth-order valence-corrected chi connectivity index (χ4v) is 5.01. The van der Waals surface area contributed by atoms with Gasteiger partial charge in [-0.2, -0.15) is 0 Å². The smallest absolute Gasteiger partial charge is 0.231 e. The Morgan fingerprint density at radius 1 is 1.14 bits per heavy atom. The number of imidazole rings is 1. The molecule has 10 heteroatoms. The average Bonchev–Trinajstić information content (AvgIpc) is 3.59. The normalized spacial score (nSPS) is 19.4. The number of rotatable bonds is 5. The highest BCUT2D eigenvalue weighted by Gasteiger charge is 2.28. The van der Waals surface area contributed by atoms with Crippen molar-refractivity contribution < 1.29 is 13.9 Å². The standard InChI is InChI=1S/C26H31N7O3/c1-26(2,3)32-12-10-31(11-13-32)25-18-14-21(36-20(18)8-9-27-25)19-15-28-22-5-7-24(30-33(19)22)35-16-17-4-6-23(34)29-17/h5,7-9,14-15,17H,4,6,10-13,16H2,1-3H3,(H,29,34)/t17-/m1/s1. The molecule has 1 N–H and O–H groups in total. The summed E-state index contributed by atoms with van der Waals surface area (Å²) >= 11 is 0. The zero-order chi connectivity index (χ0) is 24.9. The summed E-state index contributed by atoms with van der Waals surface area (Å²) in [6.07, 6.45) is 4.89. The van der Waals surface area contributed by atoms with Crippen molar-refractivity contribution in [1.82, 2.24) is 29.8 Å². The van der Waals surface area contributed by atoms with Crippen LogP contribution in [0.4, 0.5) is 5.82 Å². The first-order valence-corrected chi connectivity index (χ1v) is 12.5. The van der Waals surface area contributed by atoms with Crippen LogP contribution in [0.5, 0.6) is 5.88 Å². The lowest BCUT2D eigenvalue weighted by Crippen LogP contribution is -2.53. The second kappa shape index (κ2) is 8.77. The Labute approximate surface area is 209 Å². The second-order valence-corrected chi connectivity index (χ2v) is 10.5. The number of carbonyl (C=O) groups is 1. The van der Waals surface area contributed by atoms with Gasteiger partial charge in [0, 0.05) is 50.4 Å². The number of ether oxygens (including phenoxy) is 1. The van der Waals surface area contributed by atoms with Crippen molar-refractivity contribution in [2.24, 2.45) is 0 Å². The number of piperazine rings is 1. The summed E-state index contributed by atoms with van der Waals surface area (Å²) in [4.78, 5) is 25.5. The van der Waals surface area contributed by atoms with E-state index in [1.807, 2.05) is 24.4 Å². The number of anilines is 1. The number of furan rings is 1. The van der Waals surface area contributed by atoms with Crippen molar-refractivity contribution >= 4 is 28.3 Å². The molecule has 6 rings (SSSR count). The van der Waals surface area contributed by atoms with Crippen LogP contribution in [0.25, 0.3) is 28.1 Å². The van der Waals surface area contributed by atoms with Gasteiger partial charge < -0.3 is 19.4 Å². The van der Waals surface area contributed by atoms with E-state index in [2.05, 4.69) is 46.0 Å². The molecule has 6 heterocycles. The Kier molecular flexibility index (Phi) is 5.55. The molecular weight excluding hydrogens is 458 g/mol. The van der Waals surface area contributed by atoms with Crippen molar-refractivity contribution in [2.75, 3.05) is 37.7 Å². The summed E-state index contributed by atoms with van der Waals surface area (Å²) in [6.45, 7) is 11.0. The first kappa shape index (κ1) is 22.8. The number of nitrogens with one attached hydrogen (secondary N) is 1. The van der Waals surface area contributed by atoms with Crippen LogP contribution in [0.3, 0.4) is 0 Å². The molecule has 10 nitrogen and oxygen atoms in total. The molecule has 2 aliphatic heterocycles. The lowest BCUT2D eigenvalue weighted by molar-refractivity contribution is -0.119. The minimum Gasteiger partial charge on any atom is -0.474 e. The Balaban J connectivity index is 1.26. The fraction of sp³-hybridized carbons (Fsp3) is 0.462. The molecule has 0 aromatic carbocycles. The van der Waals surface area contributed by atoms with Crippen molar-refractivity contribution in [1.29, 1.82) is 0 Å². The molecule has 36 heavy (non-hydrogen) atoms. The highest BCUT2D eigenvalue weighted by Crippen LogP contribution is 2.33. The molecular formula is C26H31N7O3. The Hall–Kier alpha value is -3.66. The predicted octanol–water partition coefficient (Wildman–Crippen LogP) is 3.12. The summed E-state index contributed by atoms with van der Waals surface area (Å²) in [5, 5.41) is 8.53. The zero-order valence-electron chi connectivity index (χ0n) is 20.9. The maximum atomic E-state index is 11.4. The van der Waals surface area contributed by atoms with Crippen LogP contribution >= 0.6 is 0 Å². The van der Waals surface area contributed by atoms with Gasteiger partial charge in [-0.05, 0) is 45.4 Å². The molecule has 0 radical (unpaired) electrons. The van der Waals surface area contributed by atoms with Crippen LogP contribution in [-0.4, -0.2) is 74.8 Å². The summed E-state index contributed by atoms with van der Waals surface area (Å²) in [5.74, 6) is 2.16. The molecule has 1 atom stereocenters. The molecule has 2 aliphatic rings. The first-order chi connectivity index (χ1) is 17.3. The number of hydrogen-bond acceptors (Lipinski definition) is 8. The van der Waals surface area contributed by atoms with Gasteiger partial charge in [-0.25, -0.2) is 14.5 Å². The van der Waals surface area contributed by atoms with E-state index in [1.54, 1.807) is 16.8 Å². The molecule has 2 fully saturated rings. The van der Waals surface area contributed by atoms with E-state index >= 15 is 0 Å². The lowest BCUT2D eigenvalue weighted by atomic mass is 10.0. The van der Waals surface area contributed by atoms with Crippen molar-refractivity contribution in [2.45, 2.75) is 45.2 Å². The summed E-state index contributed by atoms with van der Waals surface area (Å²) < 4.78 is 13.9. The van der Waals surface area contributed by atoms with Gasteiger partial charge in [0.25, 0.3) is 0 Å². The monoisotopic (exact) mass is 489 g/mol. The average molecular weight is 490 g/mol. The van der Waals surface area contributed by atoms with E-state index in [9.17, 15) is 4.79 Å². The fourth-order valence-electron chi connectivity index (χ4n) is 5.01. The van der Waals surface area contributed by atoms with Crippen LogP contribution in [0.1, 0.15) is 33.6 Å². The van der Waals surface area contributed by atoms with E-state index in [4.69, 9.17) is 14.1 Å². The van der Waals surface area contributed by atoms with E-state index in [0.29, 0.717) is 30.3 Å². The third kappa shape index (κ3) is 4.26. The van der Waals surface area contributed by atoms with E-state index in [-0.39, 0.29) is 17.5 Å². The minimum atomic E-state index is 0.0174. The predicted molar refractivity (Wildman–Crippen MR) is 136 cm³/mol. The number of amides is 1. The summed E-state index contributed by atoms with van der Waals surface area (Å²) in [5.41, 5.74) is 2.39. The van der Waals surface area contributed by atoms with Gasteiger partial charge in [-0.15, -0.1) is 5.10 Å². The molecule has 0 spiro atoms. The quantitative estimate of drug-likeness (QED) is 0.456. The van der Waals surface area contributed by atoms with Crippen molar-refractivity contribution in [3.8, 4) is 17.3 Å². The third-order valence-electron chi connectivity index (χ3n) is 7.06. The second-order valence-electron chi connectivity index (χ2n) is 10.5. The Bertz CT molecular complexity index is 1410. The maximum absolute atomic E-state index is 11.4. The highest BCUT2D eigenvalue weighted by molar-refractivity contribution is 5.92. The lowest BCUT2D eigenvalue weighted by Gasteiger charge is -2.42. The van der Waals surface area contributed by atoms with Gasteiger partial charge in [0.15, 0.2) is 11.4 Å². The van der Waals surface area contributed by atoms with E-state index < -0.39 is 0 Å². The van der Waals surface area contributed by atoms with E-state index in [0.717, 1.165) is 55.1 Å². The van der Waals surface area contributed by atoms with Gasteiger partial charge in [-0.3, -0.25) is 9.69 Å². The highest BCUT2D eigenvalue weighted by atomic mass is 16.5. The molecule has 0 unspecified atom stereocenters. The molecule has 0 bridgehead atoms. The number of hydrogen-bond donors (Lipinski definition) is 1. The van der Waals surface area contributed by atoms with Crippen LogP contribution in [0.15, 0.2) is 41.1 Å². The number of nitrogens with zero attached hydrogens (tertiary/aromatic N) is 6. The molecule has 0 aliphatic carbocycles. The first-order valence-electron chi connectivity index (χ1n) is 12.5. The van der Waals surface area contributed by atoms with E-state index in [1.165, 1.54) is 0 Å². The van der Waals surface area contributed by atoms with Gasteiger partial charge in [-0.1, -0.05) is 0 Å². The molecule has 4 aromatic heterocycles. The van der Waals surface area contributed by atoms with Crippen LogP contribution in [0.2, 0.25) is 0 Å². The van der Waals surface area contributed by atoms with Crippen LogP contribution in [0, 0.1) is 0 Å². The van der Waals surface area contributed by atoms with Crippen molar-refractivity contribution in [3.63, 3.8) is 0 Å². The molecule has 188 valence electrons. The number of aromatic nitrogens is 4. The van der Waals surface area contributed by atoms with Crippen LogP contribution < -0.4 is 15.0 Å². The zero-order valence-corrected chi connectivity index (χ0v) is 20.9. The van der Waals surface area contributed by atoms with Gasteiger partial charge in [0.1, 0.15) is 23.7 Å². The molecule has 4 aromatic rings. The van der Waals surface area contributed by atoms with Gasteiger partial charge in [0.05, 0.1) is 17.6 Å². The molecule has 1 amide bonds. The summed E-state index contributed by atoms with van der Waals surface area (Å²) in [7, 11) is 0. The summed E-state index contributed by atoms with van der Waals surface area (Å²) in [6, 6.07) is 7.60. The SMILES string of the molecule is CC(C)(C)N1CCN(c2nccc3oc(-c4cnc5ccc(OC[C@H]6CCC(=O)N6)nn45)cc23)CC1. The Morgan fingerprint density at radius 2 is 1.97 bits per heavy atom. The minimum absolute atomic E-state index is 0.0174. The molecule has 2 saturated heterocycles. The number of carbonyl (C=O) groups excluding carboxylic acids is 1. The van der Waals surface area contributed by atoms with Crippen molar-refractivity contribution in [3.05, 3.63) is 36.7 Å². The van der Waals surface area contributed by atoms with Crippen LogP contribution in [-0.2, 0) is 4.79 Å². The third-order valence-corrected chi connectivity index (χ3v) is 7.06. The molecule has 0 saturated carbocycles. The largest absolute Gasteiger partial charge is 0.474 e. The number of pyridine rings is 1. The topological polar surface area (TPSA) is 101 Å².